The smallest absolute Gasteiger partial charge is 0.330 e. The van der Waals surface area contributed by atoms with E-state index in [1.165, 1.54) is 27.0 Å². The molecule has 28 heavy (non-hydrogen) atoms. The molecule has 11 heteroatoms. The number of hydrogen-bond donors (Lipinski definition) is 1. The van der Waals surface area contributed by atoms with Gasteiger partial charge in [0.2, 0.25) is 0 Å². The highest BCUT2D eigenvalue weighted by atomic mass is 16.6. The van der Waals surface area contributed by atoms with E-state index in [0.29, 0.717) is 0 Å². The molecule has 0 bridgehead atoms. The Balaban J connectivity index is 2.46. The molecule has 0 spiro atoms. The van der Waals surface area contributed by atoms with E-state index in [9.17, 15) is 24.0 Å². The van der Waals surface area contributed by atoms with Crippen molar-refractivity contribution in [3.63, 3.8) is 0 Å². The summed E-state index contributed by atoms with van der Waals surface area (Å²) in [5.41, 5.74) is -1.11. The molecule has 2 heterocycles. The van der Waals surface area contributed by atoms with Crippen LogP contribution < -0.4 is 11.2 Å². The van der Waals surface area contributed by atoms with Crippen molar-refractivity contribution in [3.8, 4) is 0 Å². The van der Waals surface area contributed by atoms with Crippen LogP contribution in [-0.4, -0.2) is 52.9 Å². The largest absolute Gasteiger partial charge is 0.465 e. The number of esters is 3. The average molecular weight is 398 g/mol. The minimum atomic E-state index is -1.21. The minimum Gasteiger partial charge on any atom is -0.465 e. The van der Waals surface area contributed by atoms with E-state index in [1.54, 1.807) is 0 Å². The molecule has 0 aliphatic carbocycles. The number of H-pyrrole nitrogens is 1. The SMILES string of the molecule is CC(=O)OC[C@H]1CO[C@@H](n2cc(C)c(=O)[nH]c2=O)[C@H](OC(C)=O)[C@@H]1OC(C)=O. The van der Waals surface area contributed by atoms with Crippen molar-refractivity contribution in [3.05, 3.63) is 32.6 Å². The summed E-state index contributed by atoms with van der Waals surface area (Å²) in [6.07, 6.45) is -2.15. The number of hydrogen-bond acceptors (Lipinski definition) is 9. The zero-order valence-corrected chi connectivity index (χ0v) is 15.9. The fourth-order valence-electron chi connectivity index (χ4n) is 2.90. The Morgan fingerprint density at radius 3 is 2.29 bits per heavy atom. The van der Waals surface area contributed by atoms with Crippen LogP contribution in [0.3, 0.4) is 0 Å². The molecule has 154 valence electrons. The van der Waals surface area contributed by atoms with Crippen molar-refractivity contribution in [2.75, 3.05) is 13.2 Å². The highest BCUT2D eigenvalue weighted by molar-refractivity contribution is 5.67. The van der Waals surface area contributed by atoms with Gasteiger partial charge in [0.15, 0.2) is 18.4 Å². The number of aryl methyl sites for hydroxylation is 1. The Bertz CT molecular complexity index is 872. The molecule has 1 fully saturated rings. The van der Waals surface area contributed by atoms with Gasteiger partial charge in [-0.3, -0.25) is 28.7 Å². The molecular weight excluding hydrogens is 376 g/mol. The lowest BCUT2D eigenvalue weighted by atomic mass is 9.94. The van der Waals surface area contributed by atoms with Crippen molar-refractivity contribution in [1.29, 1.82) is 0 Å². The normalized spacial score (nSPS) is 24.3. The van der Waals surface area contributed by atoms with Crippen LogP contribution in [0.25, 0.3) is 0 Å². The van der Waals surface area contributed by atoms with Crippen LogP contribution in [0.15, 0.2) is 15.8 Å². The Kier molecular flexibility index (Phi) is 6.73. The third-order valence-corrected chi connectivity index (χ3v) is 4.08. The summed E-state index contributed by atoms with van der Waals surface area (Å²) < 4.78 is 22.3. The third kappa shape index (κ3) is 5.06. The Labute approximate surface area is 159 Å². The second-order valence-corrected chi connectivity index (χ2v) is 6.41. The predicted molar refractivity (Wildman–Crippen MR) is 92.3 cm³/mol. The van der Waals surface area contributed by atoms with Gasteiger partial charge in [-0.15, -0.1) is 0 Å². The van der Waals surface area contributed by atoms with Gasteiger partial charge in [-0.25, -0.2) is 4.79 Å². The Hall–Kier alpha value is -2.95. The van der Waals surface area contributed by atoms with E-state index in [-0.39, 0.29) is 18.8 Å². The summed E-state index contributed by atoms with van der Waals surface area (Å²) in [6, 6.07) is 0. The van der Waals surface area contributed by atoms with E-state index < -0.39 is 53.5 Å². The number of nitrogens with one attached hydrogen (secondary N) is 1. The maximum atomic E-state index is 12.3. The van der Waals surface area contributed by atoms with Gasteiger partial charge in [0.25, 0.3) is 5.56 Å². The second-order valence-electron chi connectivity index (χ2n) is 6.41. The lowest BCUT2D eigenvalue weighted by molar-refractivity contribution is -0.227. The summed E-state index contributed by atoms with van der Waals surface area (Å²) >= 11 is 0. The first-order valence-corrected chi connectivity index (χ1v) is 8.51. The number of aromatic amines is 1. The van der Waals surface area contributed by atoms with Gasteiger partial charge in [-0.2, -0.15) is 0 Å². The lowest BCUT2D eigenvalue weighted by Gasteiger charge is -2.41. The van der Waals surface area contributed by atoms with Gasteiger partial charge in [0.05, 0.1) is 19.1 Å². The molecule has 1 aromatic rings. The molecular formula is C17H22N2O9. The molecule has 0 unspecified atom stereocenters. The first kappa shape index (κ1) is 21.4. The monoisotopic (exact) mass is 398 g/mol. The van der Waals surface area contributed by atoms with E-state index >= 15 is 0 Å². The molecule has 1 N–H and O–H groups in total. The molecule has 0 saturated carbocycles. The first-order chi connectivity index (χ1) is 13.1. The molecule has 0 radical (unpaired) electrons. The van der Waals surface area contributed by atoms with Crippen LogP contribution in [0.5, 0.6) is 0 Å². The maximum Gasteiger partial charge on any atom is 0.330 e. The Morgan fingerprint density at radius 1 is 1.11 bits per heavy atom. The van der Waals surface area contributed by atoms with Crippen LogP contribution in [0, 0.1) is 12.8 Å². The van der Waals surface area contributed by atoms with Gasteiger partial charge in [-0.05, 0) is 6.92 Å². The zero-order chi connectivity index (χ0) is 21.0. The predicted octanol–water partition coefficient (Wildman–Crippen LogP) is -0.583. The fraction of sp³-hybridized carbons (Fsp3) is 0.588. The number of aromatic nitrogens is 2. The van der Waals surface area contributed by atoms with Crippen LogP contribution in [0.4, 0.5) is 0 Å². The molecule has 0 amide bonds. The quantitative estimate of drug-likeness (QED) is 0.509. The molecule has 1 aliphatic heterocycles. The second kappa shape index (κ2) is 8.83. The van der Waals surface area contributed by atoms with Crippen molar-refractivity contribution in [1.82, 2.24) is 9.55 Å². The van der Waals surface area contributed by atoms with Crippen LogP contribution in [-0.2, 0) is 33.3 Å². The summed E-state index contributed by atoms with van der Waals surface area (Å²) in [5.74, 6) is -2.52. The van der Waals surface area contributed by atoms with E-state index in [2.05, 4.69) is 4.98 Å². The molecule has 2 rings (SSSR count). The van der Waals surface area contributed by atoms with Crippen molar-refractivity contribution >= 4 is 17.9 Å². The molecule has 1 aromatic heterocycles. The van der Waals surface area contributed by atoms with Crippen LogP contribution >= 0.6 is 0 Å². The highest BCUT2D eigenvalue weighted by Crippen LogP contribution is 2.31. The number of ether oxygens (including phenoxy) is 4. The van der Waals surface area contributed by atoms with E-state index in [4.69, 9.17) is 18.9 Å². The first-order valence-electron chi connectivity index (χ1n) is 8.51. The molecule has 1 aliphatic rings. The summed E-state index contributed by atoms with van der Waals surface area (Å²) in [6.45, 7) is 4.84. The van der Waals surface area contributed by atoms with E-state index in [0.717, 1.165) is 11.5 Å². The van der Waals surface area contributed by atoms with Crippen molar-refractivity contribution in [2.45, 2.75) is 46.1 Å². The van der Waals surface area contributed by atoms with Crippen LogP contribution in [0.1, 0.15) is 32.6 Å². The fourth-order valence-corrected chi connectivity index (χ4v) is 2.90. The molecule has 0 aromatic carbocycles. The van der Waals surface area contributed by atoms with E-state index in [1.807, 2.05) is 0 Å². The maximum absolute atomic E-state index is 12.3. The summed E-state index contributed by atoms with van der Waals surface area (Å²) in [7, 11) is 0. The van der Waals surface area contributed by atoms with Crippen molar-refractivity contribution < 1.29 is 33.3 Å². The highest BCUT2D eigenvalue weighted by Gasteiger charge is 2.46. The Morgan fingerprint density at radius 2 is 1.71 bits per heavy atom. The minimum absolute atomic E-state index is 0.0573. The number of nitrogens with zero attached hydrogens (tertiary/aromatic N) is 1. The van der Waals surface area contributed by atoms with Gasteiger partial charge in [-0.1, -0.05) is 0 Å². The van der Waals surface area contributed by atoms with Gasteiger partial charge < -0.3 is 18.9 Å². The molecule has 11 nitrogen and oxygen atoms in total. The van der Waals surface area contributed by atoms with Crippen LogP contribution in [0.2, 0.25) is 0 Å². The lowest BCUT2D eigenvalue weighted by Crippen LogP contribution is -2.54. The standard InChI is InChI=1S/C17H22N2O9/c1-8-5-19(17(24)18-15(8)23)16-14(28-11(4)22)13(27-10(3)21)12(7-26-16)6-25-9(2)20/h5,12-14,16H,6-7H2,1-4H3,(H,18,23,24)/t12-,13+,14+,16+/m0/s1. The summed E-state index contributed by atoms with van der Waals surface area (Å²) in [5, 5.41) is 0. The average Bonchev–Trinajstić information content (AvgIpc) is 2.57. The van der Waals surface area contributed by atoms with Gasteiger partial charge >= 0.3 is 23.6 Å². The number of carbonyl (C=O) groups excluding carboxylic acids is 3. The zero-order valence-electron chi connectivity index (χ0n) is 15.9. The number of rotatable bonds is 5. The topological polar surface area (TPSA) is 143 Å². The molecule has 4 atom stereocenters. The summed E-state index contributed by atoms with van der Waals surface area (Å²) in [4.78, 5) is 60.4. The number of carbonyl (C=O) groups is 3. The van der Waals surface area contributed by atoms with Gasteiger partial charge in [0, 0.05) is 32.5 Å². The third-order valence-electron chi connectivity index (χ3n) is 4.08. The van der Waals surface area contributed by atoms with Gasteiger partial charge in [0.1, 0.15) is 0 Å². The molecule has 1 saturated heterocycles. The van der Waals surface area contributed by atoms with Crippen molar-refractivity contribution in [2.24, 2.45) is 5.92 Å².